The van der Waals surface area contributed by atoms with Gasteiger partial charge in [-0.2, -0.15) is 0 Å². The third-order valence-electron chi connectivity index (χ3n) is 7.42. The molecule has 4 rings (SSSR count). The maximum atomic E-state index is 2.50. The number of aryl methyl sites for hydroxylation is 1. The van der Waals surface area contributed by atoms with E-state index in [0.717, 1.165) is 0 Å². The van der Waals surface area contributed by atoms with E-state index in [-0.39, 0.29) is 0 Å². The Hall–Kier alpha value is -2.71. The fraction of sp³-hybridized carbons (Fsp3) is 0.344. The van der Waals surface area contributed by atoms with Crippen molar-refractivity contribution in [3.8, 4) is 11.3 Å². The molecule has 0 amide bonds. The third-order valence-corrected chi connectivity index (χ3v) is 10.6. The topological polar surface area (TPSA) is 3.88 Å². The molecule has 0 unspecified atom stereocenters. The van der Waals surface area contributed by atoms with E-state index in [0.29, 0.717) is 11.8 Å². The van der Waals surface area contributed by atoms with Gasteiger partial charge in [0, 0.05) is 6.07 Å². The lowest BCUT2D eigenvalue weighted by Crippen LogP contribution is -2.44. The summed E-state index contributed by atoms with van der Waals surface area (Å²) in [5.74, 6) is 1.02. The molecule has 0 saturated heterocycles. The van der Waals surface area contributed by atoms with Crippen molar-refractivity contribution in [2.75, 3.05) is 0 Å². The van der Waals surface area contributed by atoms with Crippen LogP contribution in [0.25, 0.3) is 22.0 Å². The molecule has 176 valence electrons. The molecule has 34 heavy (non-hydrogen) atoms. The Morgan fingerprint density at radius 1 is 0.824 bits per heavy atom. The number of aromatic nitrogens is 1. The van der Waals surface area contributed by atoms with Crippen molar-refractivity contribution in [3.05, 3.63) is 95.2 Å². The van der Waals surface area contributed by atoms with Crippen LogP contribution in [-0.4, -0.2) is 8.07 Å². The molecule has 0 radical (unpaired) electrons. The van der Waals surface area contributed by atoms with E-state index < -0.39 is 8.07 Å². The highest BCUT2D eigenvalue weighted by Gasteiger charge is 2.26. The number of nitrogens with zero attached hydrogens (tertiary/aromatic N) is 1. The predicted molar refractivity (Wildman–Crippen MR) is 151 cm³/mol. The minimum Gasteiger partial charge on any atom is -0.200 e. The summed E-state index contributed by atoms with van der Waals surface area (Å²) in [5.41, 5.74) is 8.44. The average molecular weight is 467 g/mol. The van der Waals surface area contributed by atoms with Crippen molar-refractivity contribution < 1.29 is 4.57 Å². The number of rotatable bonds is 6. The smallest absolute Gasteiger partial charge is 0.200 e. The summed E-state index contributed by atoms with van der Waals surface area (Å²) in [6.45, 7) is 16.5. The van der Waals surface area contributed by atoms with Crippen LogP contribution in [0.4, 0.5) is 0 Å². The van der Waals surface area contributed by atoms with Gasteiger partial charge in [0.2, 0.25) is 5.69 Å². The molecule has 1 aromatic heterocycles. The molecule has 0 N–H and O–H groups in total. The summed E-state index contributed by atoms with van der Waals surface area (Å²) in [5, 5.41) is 4.22. The summed E-state index contributed by atoms with van der Waals surface area (Å²) in [6.07, 6.45) is 2.24. The van der Waals surface area contributed by atoms with Crippen molar-refractivity contribution in [2.24, 2.45) is 7.05 Å². The van der Waals surface area contributed by atoms with E-state index >= 15 is 0 Å². The second kappa shape index (κ2) is 9.50. The highest BCUT2D eigenvalue weighted by molar-refractivity contribution is 6.89. The van der Waals surface area contributed by atoms with Crippen LogP contribution in [0.15, 0.2) is 72.9 Å². The molecular weight excluding hydrogens is 426 g/mol. The van der Waals surface area contributed by atoms with Gasteiger partial charge in [0.25, 0.3) is 0 Å². The minimum atomic E-state index is -1.61. The van der Waals surface area contributed by atoms with Crippen LogP contribution in [0.5, 0.6) is 0 Å². The third kappa shape index (κ3) is 4.74. The van der Waals surface area contributed by atoms with E-state index in [1.54, 1.807) is 0 Å². The zero-order chi connectivity index (χ0) is 24.6. The lowest BCUT2D eigenvalue weighted by Gasteiger charge is -2.24. The van der Waals surface area contributed by atoms with Gasteiger partial charge >= 0.3 is 0 Å². The van der Waals surface area contributed by atoms with E-state index in [2.05, 4.69) is 132 Å². The summed E-state index contributed by atoms with van der Waals surface area (Å²) >= 11 is 0. The molecule has 4 aromatic rings. The van der Waals surface area contributed by atoms with Gasteiger partial charge < -0.3 is 0 Å². The van der Waals surface area contributed by atoms with Crippen LogP contribution < -0.4 is 9.75 Å². The van der Waals surface area contributed by atoms with Gasteiger partial charge in [-0.3, -0.25) is 0 Å². The van der Waals surface area contributed by atoms with Crippen LogP contribution in [0.2, 0.25) is 13.1 Å². The Labute approximate surface area is 207 Å². The molecule has 0 fully saturated rings. The molecule has 0 aliphatic heterocycles. The number of pyridine rings is 1. The number of hydrogen-bond acceptors (Lipinski definition) is 0. The highest BCUT2D eigenvalue weighted by Crippen LogP contribution is 2.35. The van der Waals surface area contributed by atoms with Crippen LogP contribution >= 0.6 is 0 Å². The summed E-state index contributed by atoms with van der Waals surface area (Å²) in [4.78, 5) is 0. The Morgan fingerprint density at radius 3 is 2.18 bits per heavy atom. The molecule has 3 aromatic carbocycles. The van der Waals surface area contributed by atoms with Crippen molar-refractivity contribution in [3.63, 3.8) is 0 Å². The zero-order valence-electron chi connectivity index (χ0n) is 22.2. The maximum absolute atomic E-state index is 2.50. The van der Waals surface area contributed by atoms with E-state index in [1.165, 1.54) is 55.5 Å². The molecule has 0 atom stereocenters. The van der Waals surface area contributed by atoms with Gasteiger partial charge in [0.15, 0.2) is 6.20 Å². The monoisotopic (exact) mass is 466 g/mol. The molecule has 1 heterocycles. The fourth-order valence-electron chi connectivity index (χ4n) is 5.28. The Balaban J connectivity index is 1.87. The van der Waals surface area contributed by atoms with Crippen LogP contribution in [-0.2, 0) is 13.1 Å². The SMILES string of the molecule is Cc1c(-c2c3ccc([Si](C)(C)Cc4ccccc4)cc3cc[n+]2C)cc(C(C)C)cc1C(C)C. The molecule has 0 bridgehead atoms. The van der Waals surface area contributed by atoms with Gasteiger partial charge in [-0.1, -0.05) is 100 Å². The Morgan fingerprint density at radius 2 is 1.53 bits per heavy atom. The minimum absolute atomic E-state index is 0.508. The average Bonchev–Trinajstić information content (AvgIpc) is 2.79. The number of benzene rings is 3. The van der Waals surface area contributed by atoms with Crippen molar-refractivity contribution in [1.29, 1.82) is 0 Å². The molecule has 0 spiro atoms. The van der Waals surface area contributed by atoms with Crippen molar-refractivity contribution in [2.45, 2.75) is 65.6 Å². The normalized spacial score (nSPS) is 12.2. The van der Waals surface area contributed by atoms with Gasteiger partial charge in [0.05, 0.1) is 19.0 Å². The fourth-order valence-corrected chi connectivity index (χ4v) is 7.82. The van der Waals surface area contributed by atoms with Crippen LogP contribution in [0, 0.1) is 6.92 Å². The molecule has 2 heteroatoms. The first-order valence-electron chi connectivity index (χ1n) is 12.7. The maximum Gasteiger partial charge on any atom is 0.220 e. The van der Waals surface area contributed by atoms with Crippen LogP contribution in [0.3, 0.4) is 0 Å². The van der Waals surface area contributed by atoms with E-state index in [1.807, 2.05) is 0 Å². The second-order valence-electron chi connectivity index (χ2n) is 11.2. The molecule has 1 nitrogen and oxygen atoms in total. The molecular formula is C32H40NSi+. The largest absolute Gasteiger partial charge is 0.220 e. The van der Waals surface area contributed by atoms with E-state index in [4.69, 9.17) is 0 Å². The summed E-state index contributed by atoms with van der Waals surface area (Å²) < 4.78 is 2.31. The van der Waals surface area contributed by atoms with Gasteiger partial charge in [-0.05, 0) is 59.0 Å². The highest BCUT2D eigenvalue weighted by atomic mass is 28.3. The molecule has 0 saturated carbocycles. The first-order valence-corrected chi connectivity index (χ1v) is 15.9. The predicted octanol–water partition coefficient (Wildman–Crippen LogP) is 7.58. The molecule has 0 aliphatic carbocycles. The van der Waals surface area contributed by atoms with Gasteiger partial charge in [0.1, 0.15) is 7.05 Å². The number of hydrogen-bond donors (Lipinski definition) is 0. The molecule has 0 aliphatic rings. The first kappa shape index (κ1) is 24.4. The van der Waals surface area contributed by atoms with Crippen LogP contribution in [0.1, 0.15) is 61.8 Å². The van der Waals surface area contributed by atoms with Crippen molar-refractivity contribution in [1.82, 2.24) is 0 Å². The number of fused-ring (bicyclic) bond motifs is 1. The van der Waals surface area contributed by atoms with Crippen molar-refractivity contribution >= 4 is 24.0 Å². The summed E-state index contributed by atoms with van der Waals surface area (Å²) in [7, 11) is 0.575. The van der Waals surface area contributed by atoms with E-state index in [9.17, 15) is 0 Å². The quantitative estimate of drug-likeness (QED) is 0.204. The lowest BCUT2D eigenvalue weighted by atomic mass is 9.86. The zero-order valence-corrected chi connectivity index (χ0v) is 23.2. The Kier molecular flexibility index (Phi) is 6.82. The first-order chi connectivity index (χ1) is 16.1. The standard InChI is InChI=1S/C32H40NSi/c1-22(2)27-19-30(23(3)4)24(5)31(20-27)32-29-15-14-28(18-26(29)16-17-33(32)6)34(7,8)21-25-12-10-9-11-13-25/h9-20,22-23H,21H2,1-8H3/q+1. The van der Waals surface area contributed by atoms with Gasteiger partial charge in [-0.25, -0.2) is 4.57 Å². The Bertz CT molecular complexity index is 1320. The lowest BCUT2D eigenvalue weighted by molar-refractivity contribution is -0.659. The van der Waals surface area contributed by atoms with Gasteiger partial charge in [-0.15, -0.1) is 0 Å². The summed E-state index contributed by atoms with van der Waals surface area (Å²) in [6, 6.07) is 26.5. The second-order valence-corrected chi connectivity index (χ2v) is 15.9.